The summed E-state index contributed by atoms with van der Waals surface area (Å²) in [5.41, 5.74) is -0.122. The number of aromatic nitrogens is 1. The first-order chi connectivity index (χ1) is 11.2. The van der Waals surface area contributed by atoms with E-state index in [-0.39, 0.29) is 11.3 Å². The van der Waals surface area contributed by atoms with Gasteiger partial charge in [0, 0.05) is 31.8 Å². The highest BCUT2D eigenvalue weighted by Gasteiger charge is 2.54. The SMILES string of the molecule is COCCCn1ccs/c1=N\C(=O)C12CC3CC(CC(C3)C1)C2. The highest BCUT2D eigenvalue weighted by Crippen LogP contribution is 2.60. The lowest BCUT2D eigenvalue weighted by Crippen LogP contribution is -2.49. The summed E-state index contributed by atoms with van der Waals surface area (Å²) in [6.07, 6.45) is 10.4. The van der Waals surface area contributed by atoms with Crippen LogP contribution in [0.15, 0.2) is 16.6 Å². The van der Waals surface area contributed by atoms with E-state index in [2.05, 4.69) is 9.56 Å². The molecule has 4 bridgehead atoms. The molecule has 0 unspecified atom stereocenters. The highest BCUT2D eigenvalue weighted by molar-refractivity contribution is 7.07. The fourth-order valence-corrected chi connectivity index (χ4v) is 6.27. The molecule has 1 heterocycles. The van der Waals surface area contributed by atoms with E-state index in [1.54, 1.807) is 18.4 Å². The van der Waals surface area contributed by atoms with E-state index in [0.29, 0.717) is 0 Å². The maximum atomic E-state index is 13.0. The van der Waals surface area contributed by atoms with Crippen molar-refractivity contribution in [1.29, 1.82) is 0 Å². The number of hydrogen-bond donors (Lipinski definition) is 0. The number of carbonyl (C=O) groups excluding carboxylic acids is 1. The number of aryl methyl sites for hydroxylation is 1. The summed E-state index contributed by atoms with van der Waals surface area (Å²) >= 11 is 1.57. The second-order valence-corrected chi connectivity index (χ2v) is 8.71. The summed E-state index contributed by atoms with van der Waals surface area (Å²) in [5.74, 6) is 2.53. The molecule has 23 heavy (non-hydrogen) atoms. The van der Waals surface area contributed by atoms with Gasteiger partial charge >= 0.3 is 0 Å². The Hall–Kier alpha value is -0.940. The molecule has 0 saturated heterocycles. The van der Waals surface area contributed by atoms with E-state index in [0.717, 1.165) is 61.4 Å². The van der Waals surface area contributed by atoms with Crippen molar-refractivity contribution in [1.82, 2.24) is 4.57 Å². The standard InChI is InChI=1S/C18H26N2O2S/c1-22-5-2-3-20-4-6-23-17(20)19-16(21)18-10-13-7-14(11-18)9-15(8-13)12-18/h4,6,13-15H,2-3,5,7-12H2,1H3/b19-17-. The fraction of sp³-hybridized carbons (Fsp3) is 0.778. The molecule has 4 fully saturated rings. The Labute approximate surface area is 141 Å². The van der Waals surface area contributed by atoms with Crippen LogP contribution < -0.4 is 4.80 Å². The van der Waals surface area contributed by atoms with Gasteiger partial charge in [-0.2, -0.15) is 4.99 Å². The van der Waals surface area contributed by atoms with Crippen LogP contribution >= 0.6 is 11.3 Å². The number of carbonyl (C=O) groups is 1. The third-order valence-corrected chi connectivity index (χ3v) is 6.89. The van der Waals surface area contributed by atoms with Gasteiger partial charge in [0.15, 0.2) is 4.80 Å². The molecule has 4 saturated carbocycles. The number of amides is 1. The van der Waals surface area contributed by atoms with Gasteiger partial charge in [0.05, 0.1) is 5.41 Å². The van der Waals surface area contributed by atoms with Crippen LogP contribution in [0.25, 0.3) is 0 Å². The Balaban J connectivity index is 1.55. The van der Waals surface area contributed by atoms with E-state index >= 15 is 0 Å². The Morgan fingerprint density at radius 1 is 1.30 bits per heavy atom. The van der Waals surface area contributed by atoms with Crippen LogP contribution in [0.3, 0.4) is 0 Å². The van der Waals surface area contributed by atoms with Crippen molar-refractivity contribution in [2.24, 2.45) is 28.2 Å². The van der Waals surface area contributed by atoms with Gasteiger partial charge in [-0.05, 0) is 62.7 Å². The Bertz CT molecular complexity index is 610. The second kappa shape index (κ2) is 6.17. The Morgan fingerprint density at radius 2 is 1.96 bits per heavy atom. The maximum Gasteiger partial charge on any atom is 0.254 e. The molecular formula is C18H26N2O2S. The van der Waals surface area contributed by atoms with Gasteiger partial charge in [-0.25, -0.2) is 0 Å². The molecule has 1 aromatic rings. The molecule has 5 heteroatoms. The van der Waals surface area contributed by atoms with Crippen molar-refractivity contribution in [3.8, 4) is 0 Å². The smallest absolute Gasteiger partial charge is 0.254 e. The van der Waals surface area contributed by atoms with E-state index in [1.165, 1.54) is 19.3 Å². The van der Waals surface area contributed by atoms with Gasteiger partial charge in [-0.15, -0.1) is 11.3 Å². The number of thiazole rings is 1. The number of rotatable bonds is 5. The van der Waals surface area contributed by atoms with E-state index in [9.17, 15) is 4.79 Å². The summed E-state index contributed by atoms with van der Waals surface area (Å²) in [6, 6.07) is 0. The van der Waals surface area contributed by atoms with Gasteiger partial charge in [-0.3, -0.25) is 4.79 Å². The topological polar surface area (TPSA) is 43.6 Å². The molecule has 0 radical (unpaired) electrons. The quantitative estimate of drug-likeness (QED) is 0.776. The van der Waals surface area contributed by atoms with Crippen LogP contribution in [0.5, 0.6) is 0 Å². The van der Waals surface area contributed by atoms with Crippen LogP contribution in [-0.4, -0.2) is 24.2 Å². The van der Waals surface area contributed by atoms with Crippen molar-refractivity contribution in [3.63, 3.8) is 0 Å². The van der Waals surface area contributed by atoms with Crippen molar-refractivity contribution >= 4 is 17.2 Å². The second-order valence-electron chi connectivity index (χ2n) is 7.84. The first kappa shape index (κ1) is 15.6. The number of methoxy groups -OCH3 is 1. The molecule has 0 atom stereocenters. The van der Waals surface area contributed by atoms with Gasteiger partial charge in [0.2, 0.25) is 0 Å². The zero-order chi connectivity index (χ0) is 15.9. The van der Waals surface area contributed by atoms with Crippen LogP contribution in [0.1, 0.15) is 44.9 Å². The van der Waals surface area contributed by atoms with Gasteiger partial charge in [0.1, 0.15) is 0 Å². The third kappa shape index (κ3) is 2.93. The van der Waals surface area contributed by atoms with Crippen molar-refractivity contribution in [2.45, 2.75) is 51.5 Å². The normalized spacial score (nSPS) is 35.9. The molecule has 4 nitrogen and oxygen atoms in total. The highest BCUT2D eigenvalue weighted by atomic mass is 32.1. The van der Waals surface area contributed by atoms with E-state index in [1.807, 2.05) is 11.6 Å². The number of nitrogens with zero attached hydrogens (tertiary/aromatic N) is 2. The molecule has 126 valence electrons. The summed E-state index contributed by atoms with van der Waals surface area (Å²) in [4.78, 5) is 18.5. The predicted molar refractivity (Wildman–Crippen MR) is 90.0 cm³/mol. The molecule has 0 aromatic carbocycles. The number of hydrogen-bond acceptors (Lipinski definition) is 3. The zero-order valence-electron chi connectivity index (χ0n) is 13.9. The summed E-state index contributed by atoms with van der Waals surface area (Å²) < 4.78 is 7.22. The van der Waals surface area contributed by atoms with Crippen molar-refractivity contribution in [3.05, 3.63) is 16.4 Å². The minimum absolute atomic E-state index is 0.122. The average molecular weight is 334 g/mol. The molecule has 4 aliphatic carbocycles. The Morgan fingerprint density at radius 3 is 2.57 bits per heavy atom. The lowest BCUT2D eigenvalue weighted by atomic mass is 9.49. The first-order valence-corrected chi connectivity index (χ1v) is 9.78. The minimum Gasteiger partial charge on any atom is -0.385 e. The van der Waals surface area contributed by atoms with Crippen LogP contribution in [0, 0.1) is 23.2 Å². The maximum absolute atomic E-state index is 13.0. The Kier molecular flexibility index (Phi) is 4.18. The van der Waals surface area contributed by atoms with Crippen molar-refractivity contribution in [2.75, 3.05) is 13.7 Å². The number of ether oxygens (including phenoxy) is 1. The van der Waals surface area contributed by atoms with Gasteiger partial charge in [-0.1, -0.05) is 0 Å². The molecule has 5 rings (SSSR count). The zero-order valence-corrected chi connectivity index (χ0v) is 14.7. The molecule has 1 amide bonds. The molecule has 0 N–H and O–H groups in total. The molecule has 1 aromatic heterocycles. The van der Waals surface area contributed by atoms with Crippen molar-refractivity contribution < 1.29 is 9.53 Å². The first-order valence-electron chi connectivity index (χ1n) is 8.90. The lowest BCUT2D eigenvalue weighted by Gasteiger charge is -2.55. The minimum atomic E-state index is -0.122. The summed E-state index contributed by atoms with van der Waals surface area (Å²) in [6.45, 7) is 1.61. The van der Waals surface area contributed by atoms with Gasteiger partial charge in [0.25, 0.3) is 5.91 Å². The molecule has 4 aliphatic rings. The van der Waals surface area contributed by atoms with E-state index < -0.39 is 0 Å². The van der Waals surface area contributed by atoms with Crippen LogP contribution in [0.4, 0.5) is 0 Å². The van der Waals surface area contributed by atoms with Gasteiger partial charge < -0.3 is 9.30 Å². The summed E-state index contributed by atoms with van der Waals surface area (Å²) in [5, 5.41) is 2.03. The largest absolute Gasteiger partial charge is 0.385 e. The van der Waals surface area contributed by atoms with Crippen LogP contribution in [-0.2, 0) is 16.1 Å². The lowest BCUT2D eigenvalue weighted by molar-refractivity contribution is -0.142. The predicted octanol–water partition coefficient (Wildman–Crippen LogP) is 3.23. The molecule has 0 spiro atoms. The van der Waals surface area contributed by atoms with E-state index in [4.69, 9.17) is 4.74 Å². The fourth-order valence-electron chi connectivity index (χ4n) is 5.51. The average Bonchev–Trinajstić information content (AvgIpc) is 2.93. The molecule has 0 aliphatic heterocycles. The third-order valence-electron chi connectivity index (χ3n) is 6.10. The van der Waals surface area contributed by atoms with Crippen LogP contribution in [0.2, 0.25) is 0 Å². The summed E-state index contributed by atoms with van der Waals surface area (Å²) in [7, 11) is 1.72. The molecular weight excluding hydrogens is 308 g/mol. The monoisotopic (exact) mass is 334 g/mol.